The van der Waals surface area contributed by atoms with Gasteiger partial charge in [0.15, 0.2) is 6.61 Å². The van der Waals surface area contributed by atoms with Crippen molar-refractivity contribution in [3.8, 4) is 0 Å². The second-order valence-electron chi connectivity index (χ2n) is 5.43. The van der Waals surface area contributed by atoms with E-state index in [9.17, 15) is 9.59 Å². The van der Waals surface area contributed by atoms with Gasteiger partial charge in [0.2, 0.25) is 5.95 Å². The molecule has 1 heterocycles. The third kappa shape index (κ3) is 7.52. The number of likely N-dealkylation sites (N-methyl/N-ethyl adjacent to an activating group) is 1. The number of carbonyl (C=O) groups excluding carboxylic acids is 2. The van der Waals surface area contributed by atoms with Gasteiger partial charge < -0.3 is 15.0 Å². The van der Waals surface area contributed by atoms with Gasteiger partial charge in [-0.25, -0.2) is 9.97 Å². The standard InChI is InChI=1S/C18H22N4O3S/c1-22(18-20-9-5-10-21-18)13-17(24)25-14-16(23)19-11-6-12-26-15-7-3-2-4-8-15/h2-5,7-10H,6,11-14H2,1H3,(H,19,23). The molecular weight excluding hydrogens is 352 g/mol. The lowest BCUT2D eigenvalue weighted by atomic mass is 10.4. The van der Waals surface area contributed by atoms with Crippen LogP contribution in [0.5, 0.6) is 0 Å². The van der Waals surface area contributed by atoms with Crippen molar-refractivity contribution in [2.75, 3.05) is 37.4 Å². The first-order valence-corrected chi connectivity index (χ1v) is 9.22. The van der Waals surface area contributed by atoms with Crippen molar-refractivity contribution in [2.24, 2.45) is 0 Å². The number of hydrogen-bond acceptors (Lipinski definition) is 7. The summed E-state index contributed by atoms with van der Waals surface area (Å²) >= 11 is 1.74. The minimum Gasteiger partial charge on any atom is -0.454 e. The molecule has 2 rings (SSSR count). The summed E-state index contributed by atoms with van der Waals surface area (Å²) in [6, 6.07) is 11.8. The number of amides is 1. The van der Waals surface area contributed by atoms with E-state index in [2.05, 4.69) is 27.4 Å². The Hall–Kier alpha value is -2.61. The maximum Gasteiger partial charge on any atom is 0.326 e. The van der Waals surface area contributed by atoms with E-state index in [-0.39, 0.29) is 19.1 Å². The predicted molar refractivity (Wildman–Crippen MR) is 101 cm³/mol. The summed E-state index contributed by atoms with van der Waals surface area (Å²) in [7, 11) is 1.68. The fraction of sp³-hybridized carbons (Fsp3) is 0.333. The zero-order valence-corrected chi connectivity index (χ0v) is 15.4. The number of aromatic nitrogens is 2. The Morgan fingerprint density at radius 3 is 2.62 bits per heavy atom. The number of esters is 1. The minimum atomic E-state index is -0.505. The fourth-order valence-electron chi connectivity index (χ4n) is 2.00. The summed E-state index contributed by atoms with van der Waals surface area (Å²) < 4.78 is 4.97. The number of carbonyl (C=O) groups is 2. The molecule has 0 atom stereocenters. The summed E-state index contributed by atoms with van der Waals surface area (Å²) in [4.78, 5) is 34.3. The molecule has 0 unspecified atom stereocenters. The molecule has 0 bridgehead atoms. The average Bonchev–Trinajstić information content (AvgIpc) is 2.67. The van der Waals surface area contributed by atoms with Crippen LogP contribution in [0.25, 0.3) is 0 Å². The molecule has 0 aliphatic carbocycles. The van der Waals surface area contributed by atoms with Crippen molar-refractivity contribution in [3.05, 3.63) is 48.8 Å². The lowest BCUT2D eigenvalue weighted by molar-refractivity contribution is -0.147. The van der Waals surface area contributed by atoms with Crippen LogP contribution in [0.4, 0.5) is 5.95 Å². The van der Waals surface area contributed by atoms with Gasteiger partial charge in [0.05, 0.1) is 0 Å². The van der Waals surface area contributed by atoms with Crippen molar-refractivity contribution in [1.82, 2.24) is 15.3 Å². The molecule has 1 aromatic heterocycles. The average molecular weight is 374 g/mol. The zero-order valence-electron chi connectivity index (χ0n) is 14.6. The Bertz CT molecular complexity index is 685. The first-order valence-electron chi connectivity index (χ1n) is 8.23. The number of benzene rings is 1. The van der Waals surface area contributed by atoms with Crippen LogP contribution in [-0.4, -0.2) is 54.3 Å². The van der Waals surface area contributed by atoms with E-state index in [0.29, 0.717) is 12.5 Å². The highest BCUT2D eigenvalue weighted by Gasteiger charge is 2.12. The van der Waals surface area contributed by atoms with E-state index in [1.54, 1.807) is 42.2 Å². The Labute approximate surface area is 157 Å². The highest BCUT2D eigenvalue weighted by atomic mass is 32.2. The number of nitrogens with zero attached hydrogens (tertiary/aromatic N) is 3. The van der Waals surface area contributed by atoms with Gasteiger partial charge in [-0.1, -0.05) is 18.2 Å². The fourth-order valence-corrected chi connectivity index (χ4v) is 2.88. The van der Waals surface area contributed by atoms with Crippen molar-refractivity contribution in [2.45, 2.75) is 11.3 Å². The molecule has 1 amide bonds. The first kappa shape index (κ1) is 19.7. The lowest BCUT2D eigenvalue weighted by Crippen LogP contribution is -2.33. The molecule has 0 saturated heterocycles. The van der Waals surface area contributed by atoms with Gasteiger partial charge in [-0.05, 0) is 30.4 Å². The van der Waals surface area contributed by atoms with Crippen molar-refractivity contribution < 1.29 is 14.3 Å². The quantitative estimate of drug-likeness (QED) is 0.385. The van der Waals surface area contributed by atoms with Crippen LogP contribution in [-0.2, 0) is 14.3 Å². The van der Waals surface area contributed by atoms with Gasteiger partial charge in [-0.15, -0.1) is 11.8 Å². The zero-order chi connectivity index (χ0) is 18.6. The van der Waals surface area contributed by atoms with Gasteiger partial charge in [-0.2, -0.15) is 0 Å². The van der Waals surface area contributed by atoms with Crippen LogP contribution in [0, 0.1) is 0 Å². The Morgan fingerprint density at radius 2 is 1.88 bits per heavy atom. The van der Waals surface area contributed by atoms with Crippen LogP contribution >= 0.6 is 11.8 Å². The monoisotopic (exact) mass is 374 g/mol. The molecule has 0 fully saturated rings. The van der Waals surface area contributed by atoms with Gasteiger partial charge >= 0.3 is 5.97 Å². The molecule has 0 radical (unpaired) electrons. The van der Waals surface area contributed by atoms with E-state index in [4.69, 9.17) is 4.74 Å². The number of anilines is 1. The van der Waals surface area contributed by atoms with Crippen molar-refractivity contribution in [3.63, 3.8) is 0 Å². The Morgan fingerprint density at radius 1 is 1.15 bits per heavy atom. The number of thioether (sulfide) groups is 1. The molecule has 1 N–H and O–H groups in total. The summed E-state index contributed by atoms with van der Waals surface area (Å²) in [6.45, 7) is 0.243. The molecule has 0 spiro atoms. The SMILES string of the molecule is CN(CC(=O)OCC(=O)NCCCSc1ccccc1)c1ncccn1. The second-order valence-corrected chi connectivity index (χ2v) is 6.60. The van der Waals surface area contributed by atoms with E-state index in [1.807, 2.05) is 18.2 Å². The van der Waals surface area contributed by atoms with Gasteiger partial charge in [0.1, 0.15) is 6.54 Å². The van der Waals surface area contributed by atoms with E-state index < -0.39 is 5.97 Å². The maximum absolute atomic E-state index is 11.8. The molecule has 1 aromatic carbocycles. The van der Waals surface area contributed by atoms with Crippen molar-refractivity contribution in [1.29, 1.82) is 0 Å². The molecule has 8 heteroatoms. The molecule has 0 saturated carbocycles. The van der Waals surface area contributed by atoms with Crippen molar-refractivity contribution >= 4 is 29.6 Å². The van der Waals surface area contributed by atoms with Crippen LogP contribution in [0.15, 0.2) is 53.7 Å². The number of hydrogen-bond donors (Lipinski definition) is 1. The predicted octanol–water partition coefficient (Wildman–Crippen LogP) is 1.75. The molecule has 2 aromatic rings. The van der Waals surface area contributed by atoms with Crippen LogP contribution < -0.4 is 10.2 Å². The first-order chi connectivity index (χ1) is 12.6. The Kier molecular flexibility index (Phi) is 8.41. The van der Waals surface area contributed by atoms with Gasteiger partial charge in [0, 0.05) is 30.9 Å². The largest absolute Gasteiger partial charge is 0.454 e. The topological polar surface area (TPSA) is 84.4 Å². The van der Waals surface area contributed by atoms with Gasteiger partial charge in [0.25, 0.3) is 5.91 Å². The summed E-state index contributed by atoms with van der Waals surface area (Å²) in [5, 5.41) is 2.74. The highest BCUT2D eigenvalue weighted by molar-refractivity contribution is 7.99. The lowest BCUT2D eigenvalue weighted by Gasteiger charge is -2.15. The molecule has 26 heavy (non-hydrogen) atoms. The minimum absolute atomic E-state index is 0.0228. The normalized spacial score (nSPS) is 10.2. The second kappa shape index (κ2) is 11.1. The van der Waals surface area contributed by atoms with Gasteiger partial charge in [-0.3, -0.25) is 9.59 Å². The molecule has 0 aliphatic heterocycles. The summed E-state index contributed by atoms with van der Waals surface area (Å²) in [6.07, 6.45) is 4.02. The third-order valence-corrected chi connectivity index (χ3v) is 4.38. The van der Waals surface area contributed by atoms with Crippen LogP contribution in [0.3, 0.4) is 0 Å². The third-order valence-electron chi connectivity index (χ3n) is 3.28. The van der Waals surface area contributed by atoms with E-state index >= 15 is 0 Å². The number of rotatable bonds is 10. The highest BCUT2D eigenvalue weighted by Crippen LogP contribution is 2.17. The van der Waals surface area contributed by atoms with Crippen LogP contribution in [0.2, 0.25) is 0 Å². The molecule has 138 valence electrons. The molecule has 0 aliphatic rings. The van der Waals surface area contributed by atoms with Crippen LogP contribution in [0.1, 0.15) is 6.42 Å². The summed E-state index contributed by atoms with van der Waals surface area (Å²) in [5.41, 5.74) is 0. The molecular formula is C18H22N4O3S. The smallest absolute Gasteiger partial charge is 0.326 e. The summed E-state index contributed by atoms with van der Waals surface area (Å²) in [5.74, 6) is 0.521. The number of ether oxygens (including phenoxy) is 1. The number of nitrogens with one attached hydrogen (secondary N) is 1. The van der Waals surface area contributed by atoms with E-state index in [0.717, 1.165) is 12.2 Å². The van der Waals surface area contributed by atoms with E-state index in [1.165, 1.54) is 4.90 Å². The molecule has 7 nitrogen and oxygen atoms in total. The maximum atomic E-state index is 11.8. The Balaban J connectivity index is 1.54.